The predicted octanol–water partition coefficient (Wildman–Crippen LogP) is 3.62. The van der Waals surface area contributed by atoms with E-state index in [1.807, 2.05) is 37.3 Å². The van der Waals surface area contributed by atoms with Crippen molar-refractivity contribution in [2.24, 2.45) is 0 Å². The van der Waals surface area contributed by atoms with Gasteiger partial charge in [0.25, 0.3) is 0 Å². The molecule has 0 saturated carbocycles. The molecule has 1 atom stereocenters. The highest BCUT2D eigenvalue weighted by Gasteiger charge is 2.19. The van der Waals surface area contributed by atoms with Crippen LogP contribution in [0.5, 0.6) is 0 Å². The number of ketones is 1. The lowest BCUT2D eigenvalue weighted by Crippen LogP contribution is -2.24. The van der Waals surface area contributed by atoms with Gasteiger partial charge in [-0.3, -0.25) is 9.78 Å². The molecule has 0 radical (unpaired) electrons. The molecule has 1 aromatic carbocycles. The maximum absolute atomic E-state index is 12.4. The lowest BCUT2D eigenvalue weighted by molar-refractivity contribution is 0.0423. The summed E-state index contributed by atoms with van der Waals surface area (Å²) in [6, 6.07) is 9.52. The Hall–Kier alpha value is -1.74. The highest BCUT2D eigenvalue weighted by atomic mass is 16.5. The van der Waals surface area contributed by atoms with Crippen molar-refractivity contribution in [2.45, 2.75) is 32.8 Å². The summed E-state index contributed by atoms with van der Waals surface area (Å²) in [4.78, 5) is 16.7. The number of carbonyl (C=O) groups excluding carboxylic acids is 1. The summed E-state index contributed by atoms with van der Waals surface area (Å²) in [5, 5.41) is 1.04. The van der Waals surface area contributed by atoms with Crippen molar-refractivity contribution in [3.05, 3.63) is 42.1 Å². The molecule has 1 aromatic heterocycles. The number of hydrogen-bond acceptors (Lipinski definition) is 3. The number of fused-ring (bicyclic) bond motifs is 1. The van der Waals surface area contributed by atoms with E-state index >= 15 is 0 Å². The molecule has 3 nitrogen and oxygen atoms in total. The van der Waals surface area contributed by atoms with E-state index in [9.17, 15) is 4.79 Å². The fourth-order valence-electron chi connectivity index (χ4n) is 2.16. The van der Waals surface area contributed by atoms with Gasteiger partial charge < -0.3 is 4.74 Å². The largest absolute Gasteiger partial charge is 0.370 e. The van der Waals surface area contributed by atoms with E-state index in [2.05, 4.69) is 11.9 Å². The normalized spacial score (nSPS) is 12.5. The molecule has 19 heavy (non-hydrogen) atoms. The molecule has 0 aliphatic carbocycles. The number of ether oxygens (including phenoxy) is 1. The van der Waals surface area contributed by atoms with Crippen LogP contribution >= 0.6 is 0 Å². The molecular formula is C16H19NO2. The van der Waals surface area contributed by atoms with Gasteiger partial charge in [0.15, 0.2) is 5.78 Å². The molecule has 3 heteroatoms. The second-order valence-electron chi connectivity index (χ2n) is 4.51. The minimum atomic E-state index is -0.337. The van der Waals surface area contributed by atoms with E-state index in [1.165, 1.54) is 0 Å². The second kappa shape index (κ2) is 6.43. The van der Waals surface area contributed by atoms with E-state index in [0.717, 1.165) is 23.7 Å². The van der Waals surface area contributed by atoms with E-state index < -0.39 is 0 Å². The first-order valence-corrected chi connectivity index (χ1v) is 6.76. The smallest absolute Gasteiger partial charge is 0.191 e. The molecule has 0 fully saturated rings. The Balaban J connectivity index is 2.29. The first-order valence-electron chi connectivity index (χ1n) is 6.76. The van der Waals surface area contributed by atoms with Gasteiger partial charge in [-0.05, 0) is 25.5 Å². The van der Waals surface area contributed by atoms with Crippen LogP contribution in [0.1, 0.15) is 37.0 Å². The Labute approximate surface area is 113 Å². The van der Waals surface area contributed by atoms with Gasteiger partial charge in [0.05, 0.1) is 5.52 Å². The Bertz CT molecular complexity index is 559. The first-order chi connectivity index (χ1) is 9.26. The Morgan fingerprint density at radius 1 is 1.32 bits per heavy atom. The number of nitrogens with zero attached hydrogens (tertiary/aromatic N) is 1. The van der Waals surface area contributed by atoms with Crippen LogP contribution in [-0.2, 0) is 4.74 Å². The fourth-order valence-corrected chi connectivity index (χ4v) is 2.16. The number of Topliss-reactive ketones (excluding diaryl/α,β-unsaturated/α-hetero) is 1. The van der Waals surface area contributed by atoms with Gasteiger partial charge in [-0.25, -0.2) is 0 Å². The molecule has 0 spiro atoms. The molecule has 0 aliphatic heterocycles. The lowest BCUT2D eigenvalue weighted by atomic mass is 10.0. The molecule has 0 aliphatic rings. The number of benzene rings is 1. The van der Waals surface area contributed by atoms with E-state index in [-0.39, 0.29) is 11.9 Å². The maximum Gasteiger partial charge on any atom is 0.191 e. The number of hydrogen-bond donors (Lipinski definition) is 0. The third kappa shape index (κ3) is 3.18. The van der Waals surface area contributed by atoms with Crippen molar-refractivity contribution in [1.82, 2.24) is 4.98 Å². The summed E-state index contributed by atoms with van der Waals surface area (Å²) in [5.74, 6) is 0.0521. The second-order valence-corrected chi connectivity index (χ2v) is 4.51. The van der Waals surface area contributed by atoms with E-state index in [1.54, 1.807) is 6.20 Å². The predicted molar refractivity (Wildman–Crippen MR) is 76.4 cm³/mol. The Kier molecular flexibility index (Phi) is 4.63. The highest BCUT2D eigenvalue weighted by molar-refractivity contribution is 6.02. The van der Waals surface area contributed by atoms with Crippen molar-refractivity contribution in [1.29, 1.82) is 0 Å². The summed E-state index contributed by atoms with van der Waals surface area (Å²) >= 11 is 0. The molecule has 0 N–H and O–H groups in total. The highest BCUT2D eigenvalue weighted by Crippen LogP contribution is 2.17. The number of carbonyl (C=O) groups is 1. The van der Waals surface area contributed by atoms with Crippen molar-refractivity contribution in [3.63, 3.8) is 0 Å². The van der Waals surface area contributed by atoms with Gasteiger partial charge in [0.2, 0.25) is 0 Å². The van der Waals surface area contributed by atoms with Crippen LogP contribution in [-0.4, -0.2) is 23.5 Å². The van der Waals surface area contributed by atoms with Crippen LogP contribution in [0.25, 0.3) is 10.9 Å². The van der Waals surface area contributed by atoms with E-state index in [0.29, 0.717) is 12.2 Å². The van der Waals surface area contributed by atoms with Crippen LogP contribution < -0.4 is 0 Å². The maximum atomic E-state index is 12.4. The molecule has 100 valence electrons. The minimum Gasteiger partial charge on any atom is -0.370 e. The van der Waals surface area contributed by atoms with Crippen LogP contribution in [0, 0.1) is 0 Å². The molecule has 1 unspecified atom stereocenters. The summed E-state index contributed by atoms with van der Waals surface area (Å²) in [5.41, 5.74) is 1.53. The monoisotopic (exact) mass is 257 g/mol. The molecule has 1 heterocycles. The van der Waals surface area contributed by atoms with Crippen molar-refractivity contribution in [2.75, 3.05) is 6.61 Å². The Morgan fingerprint density at radius 2 is 2.16 bits per heavy atom. The van der Waals surface area contributed by atoms with Crippen LogP contribution in [0.2, 0.25) is 0 Å². The number of rotatable bonds is 6. The SMILES string of the molecule is CCCC(OCC)C(=O)c1ccc2cccnc2c1. The molecular weight excluding hydrogens is 238 g/mol. The van der Waals surface area contributed by atoms with Gasteiger partial charge in [0, 0.05) is 23.8 Å². The Morgan fingerprint density at radius 3 is 2.89 bits per heavy atom. The number of pyridine rings is 1. The van der Waals surface area contributed by atoms with Gasteiger partial charge in [-0.1, -0.05) is 31.5 Å². The van der Waals surface area contributed by atoms with Crippen LogP contribution in [0.4, 0.5) is 0 Å². The third-order valence-corrected chi connectivity index (χ3v) is 3.10. The summed E-state index contributed by atoms with van der Waals surface area (Å²) in [6.07, 6.45) is 3.09. The average Bonchev–Trinajstić information content (AvgIpc) is 2.46. The van der Waals surface area contributed by atoms with Gasteiger partial charge >= 0.3 is 0 Å². The third-order valence-electron chi connectivity index (χ3n) is 3.10. The first kappa shape index (κ1) is 13.7. The zero-order valence-electron chi connectivity index (χ0n) is 11.4. The fraction of sp³-hybridized carbons (Fsp3) is 0.375. The van der Waals surface area contributed by atoms with Crippen LogP contribution in [0.3, 0.4) is 0 Å². The van der Waals surface area contributed by atoms with Gasteiger partial charge in [-0.15, -0.1) is 0 Å². The average molecular weight is 257 g/mol. The van der Waals surface area contributed by atoms with E-state index in [4.69, 9.17) is 4.74 Å². The van der Waals surface area contributed by atoms with Crippen molar-refractivity contribution in [3.8, 4) is 0 Å². The zero-order valence-corrected chi connectivity index (χ0v) is 11.4. The minimum absolute atomic E-state index is 0.0521. The molecule has 0 saturated heterocycles. The standard InChI is InChI=1S/C16H19NO2/c1-3-6-15(19-4-2)16(18)13-9-8-12-7-5-10-17-14(12)11-13/h5,7-11,15H,3-4,6H2,1-2H3. The van der Waals surface area contributed by atoms with Crippen LogP contribution in [0.15, 0.2) is 36.5 Å². The molecule has 0 bridgehead atoms. The zero-order chi connectivity index (χ0) is 13.7. The van der Waals surface area contributed by atoms with Gasteiger partial charge in [-0.2, -0.15) is 0 Å². The quantitative estimate of drug-likeness (QED) is 0.742. The van der Waals surface area contributed by atoms with Crippen molar-refractivity contribution >= 4 is 16.7 Å². The number of aromatic nitrogens is 1. The summed E-state index contributed by atoms with van der Waals surface area (Å²) < 4.78 is 5.54. The van der Waals surface area contributed by atoms with Gasteiger partial charge in [0.1, 0.15) is 6.10 Å². The van der Waals surface area contributed by atoms with Crippen molar-refractivity contribution < 1.29 is 9.53 Å². The topological polar surface area (TPSA) is 39.2 Å². The summed E-state index contributed by atoms with van der Waals surface area (Å²) in [7, 11) is 0. The molecule has 0 amide bonds. The lowest BCUT2D eigenvalue weighted by Gasteiger charge is -2.15. The molecule has 2 aromatic rings. The molecule has 2 rings (SSSR count). The summed E-state index contributed by atoms with van der Waals surface area (Å²) in [6.45, 7) is 4.53.